The topological polar surface area (TPSA) is 103 Å². The van der Waals surface area contributed by atoms with Crippen LogP contribution in [0.3, 0.4) is 0 Å². The summed E-state index contributed by atoms with van der Waals surface area (Å²) in [5, 5.41) is 9.52. The molecule has 2 heterocycles. The maximum Gasteiger partial charge on any atom is 0.246 e. The molecule has 0 bridgehead atoms. The fourth-order valence-electron chi connectivity index (χ4n) is 9.94. The van der Waals surface area contributed by atoms with Crippen LogP contribution >= 0.6 is 0 Å². The fraction of sp³-hybridized carbons (Fsp3) is 0.323. The Morgan fingerprint density at radius 3 is 1.39 bits per heavy atom. The highest BCUT2D eigenvalue weighted by Gasteiger charge is 2.25. The molecule has 5 aromatic rings. The van der Waals surface area contributed by atoms with E-state index in [1.54, 1.807) is 6.92 Å². The third-order valence-electron chi connectivity index (χ3n) is 16.8. The van der Waals surface area contributed by atoms with Gasteiger partial charge in [-0.25, -0.2) is 0 Å². The number of nitrogens with one attached hydrogen (secondary N) is 3. The van der Waals surface area contributed by atoms with Crippen molar-refractivity contribution in [3.8, 4) is 190 Å². The minimum Gasteiger partial charge on any atom is -0.356 e. The van der Waals surface area contributed by atoms with Crippen LogP contribution in [0.1, 0.15) is 177 Å². The smallest absolute Gasteiger partial charge is 0.246 e. The van der Waals surface area contributed by atoms with Gasteiger partial charge in [0, 0.05) is 107 Å². The molecule has 0 radical (unpaired) electrons. The molecule has 8 rings (SSSR count). The summed E-state index contributed by atoms with van der Waals surface area (Å²) in [6.45, 7) is 18.9. The van der Waals surface area contributed by atoms with Crippen LogP contribution in [0.25, 0.3) is 0 Å². The Kier molecular flexibility index (Phi) is 37.5. The molecule has 0 saturated carbocycles. The van der Waals surface area contributed by atoms with E-state index in [1.165, 1.54) is 18.4 Å². The molecule has 1 atom stereocenters. The van der Waals surface area contributed by atoms with Crippen LogP contribution in [0.2, 0.25) is 0 Å². The number of ether oxygens (including phenoxy) is 1. The number of anilines is 2. The Hall–Kier alpha value is -12.7. The number of terminal acetylenes is 1. The highest BCUT2D eigenvalue weighted by molar-refractivity contribution is 5.96. The summed E-state index contributed by atoms with van der Waals surface area (Å²) >= 11 is 0. The van der Waals surface area contributed by atoms with Gasteiger partial charge in [0.15, 0.2) is 0 Å². The summed E-state index contributed by atoms with van der Waals surface area (Å²) in [6.07, 6.45) is 17.3. The lowest BCUT2D eigenvalue weighted by Gasteiger charge is -2.28. The van der Waals surface area contributed by atoms with E-state index in [-0.39, 0.29) is 41.5 Å². The lowest BCUT2D eigenvalue weighted by Crippen LogP contribution is -2.39. The molecule has 2 aliphatic heterocycles. The van der Waals surface area contributed by atoms with Gasteiger partial charge in [0.1, 0.15) is 12.7 Å². The van der Waals surface area contributed by atoms with Gasteiger partial charge in [-0.1, -0.05) is 160 Å². The van der Waals surface area contributed by atoms with Gasteiger partial charge < -0.3 is 30.5 Å². The standard InChI is InChI=1S/C27H4.C24H28N2O.C23H33NO2.C22H24N2O/c1-3-5-7-9-11-13-15-17-19-21-23-25-27-26-24-22-20-18-16-14-12-10-8-6-4-2;1-24(2,25-3)17-9-8-14-23(27)26-18-21-12-5-4-10-19(21)15-16-20-11-6-7-13-22(20)26;1-4-23(2,3)16-19-12-14-20(15-13-19)17-24-22(25)18-26-21-10-8-6-5-7-9-11-21;1-22(2,23-3)15-14-21(25)24-16-19-10-5-4-8-17(19)12-13-18-9-6-7-11-20(18)24/h1H,2H3;4-7,10-13,25H,8-9,14,17-18H2,1-3H3;12-15,21H,4-8,10,16-18H2,1-3H3,(H,24,25);4-11,23H,14-16H2,1-3H3. The Bertz CT molecular complexity index is 4950. The lowest BCUT2D eigenvalue weighted by atomic mass is 9.83. The third-order valence-corrected chi connectivity index (χ3v) is 16.8. The van der Waals surface area contributed by atoms with Crippen molar-refractivity contribution in [2.24, 2.45) is 5.41 Å². The predicted molar refractivity (Wildman–Crippen MR) is 429 cm³/mol. The number of nitrogens with zero attached hydrogens (tertiary/aromatic N) is 2. The molecule has 0 saturated heterocycles. The molecule has 9 nitrogen and oxygen atoms in total. The average Bonchev–Trinajstić information content (AvgIpc) is 0.811. The Morgan fingerprint density at radius 2 is 0.924 bits per heavy atom. The summed E-state index contributed by atoms with van der Waals surface area (Å²) in [5.41, 5.74) is 10.7. The summed E-state index contributed by atoms with van der Waals surface area (Å²) in [6, 6.07) is 40.5. The summed E-state index contributed by atoms with van der Waals surface area (Å²) < 4.78 is 5.67. The molecule has 522 valence electrons. The number of fused-ring (bicyclic) bond motifs is 4. The number of unbranched alkanes of at least 4 members (excludes halogenated alkanes) is 1. The van der Waals surface area contributed by atoms with Crippen molar-refractivity contribution in [3.63, 3.8) is 0 Å². The molecule has 9 heteroatoms. The lowest BCUT2D eigenvalue weighted by molar-refractivity contribution is -0.127. The molecule has 0 fully saturated rings. The molecule has 1 aliphatic carbocycles. The van der Waals surface area contributed by atoms with E-state index in [0.717, 1.165) is 108 Å². The number of rotatable bonds is 18. The summed E-state index contributed by atoms with van der Waals surface area (Å²) in [5.74, 6) is 81.4. The van der Waals surface area contributed by atoms with Crippen LogP contribution in [-0.4, -0.2) is 55.6 Å². The normalized spacial score (nSPS) is 11.8. The number of benzene rings is 5. The van der Waals surface area contributed by atoms with Gasteiger partial charge in [-0.2, -0.15) is 0 Å². The monoisotopic (exact) mass is 1380 g/mol. The molecule has 5 aromatic carbocycles. The maximum atomic E-state index is 13.1. The second kappa shape index (κ2) is 47.5. The first-order valence-corrected chi connectivity index (χ1v) is 35.1. The molecule has 0 spiro atoms. The Morgan fingerprint density at radius 1 is 0.505 bits per heavy atom. The minimum atomic E-state index is -0.0951. The summed E-state index contributed by atoms with van der Waals surface area (Å²) in [4.78, 5) is 42.0. The van der Waals surface area contributed by atoms with Crippen molar-refractivity contribution in [1.29, 1.82) is 0 Å². The number of carbonyl (C=O) groups excluding carboxylic acids is 3. The first kappa shape index (κ1) is 83.0. The van der Waals surface area contributed by atoms with Crippen molar-refractivity contribution in [3.05, 3.63) is 166 Å². The fourth-order valence-corrected chi connectivity index (χ4v) is 9.94. The number of carbonyl (C=O) groups is 3. The van der Waals surface area contributed by atoms with Crippen molar-refractivity contribution in [2.75, 3.05) is 30.5 Å². The van der Waals surface area contributed by atoms with E-state index in [9.17, 15) is 14.4 Å². The predicted octanol–water partition coefficient (Wildman–Crippen LogP) is 13.5. The van der Waals surface area contributed by atoms with Gasteiger partial charge in [0.2, 0.25) is 17.7 Å². The van der Waals surface area contributed by atoms with Crippen LogP contribution in [0, 0.1) is 195 Å². The van der Waals surface area contributed by atoms with Crippen LogP contribution in [0.5, 0.6) is 0 Å². The molecular formula is C96H89N5O4. The quantitative estimate of drug-likeness (QED) is 0.0597. The number of para-hydroxylation sites is 2. The zero-order valence-electron chi connectivity index (χ0n) is 62.2. The average molecular weight is 1380 g/mol. The van der Waals surface area contributed by atoms with Crippen molar-refractivity contribution in [2.45, 2.75) is 176 Å². The molecule has 3 aliphatic rings. The highest BCUT2D eigenvalue weighted by atomic mass is 16.5. The molecular weight excluding hydrogens is 1290 g/mol. The van der Waals surface area contributed by atoms with Crippen molar-refractivity contribution >= 4 is 29.1 Å². The third kappa shape index (κ3) is 33.6. The van der Waals surface area contributed by atoms with Gasteiger partial charge in [-0.3, -0.25) is 14.4 Å². The van der Waals surface area contributed by atoms with E-state index >= 15 is 0 Å². The number of hydrogen-bond acceptors (Lipinski definition) is 6. The van der Waals surface area contributed by atoms with Gasteiger partial charge in [-0.15, -0.1) is 12.3 Å². The second-order valence-electron chi connectivity index (χ2n) is 26.1. The van der Waals surface area contributed by atoms with Crippen LogP contribution in [0.15, 0.2) is 121 Å². The first-order valence-electron chi connectivity index (χ1n) is 35.1. The minimum absolute atomic E-state index is 0.0599. The van der Waals surface area contributed by atoms with Crippen LogP contribution < -0.4 is 25.8 Å². The largest absolute Gasteiger partial charge is 0.356 e. The number of hydrogen-bond donors (Lipinski definition) is 3. The van der Waals surface area contributed by atoms with Crippen LogP contribution in [-0.2, 0) is 45.2 Å². The SMILES string of the molecule is C#CC#CC#CC#CC#CC#CC#CC#CC#CC#CC#CC#CC#CC.CCC(C)(C)Cc1ccc(CNC(=O)COC2C#CCCCCC2)cc1.CNC(C)(C)CCC(=O)N1Cc2ccccc2C#Cc2ccccc21.CNC(C)(C)CCCCC(=O)N1Cc2ccccc2C#Cc2ccccc21. The molecule has 3 amide bonds. The van der Waals surface area contributed by atoms with Gasteiger partial charge in [0.05, 0.1) is 24.5 Å². The second-order valence-corrected chi connectivity index (χ2v) is 26.1. The van der Waals surface area contributed by atoms with Gasteiger partial charge in [-0.05, 0) is 252 Å². The zero-order chi connectivity index (χ0) is 75.6. The van der Waals surface area contributed by atoms with E-state index in [1.807, 2.05) is 109 Å². The van der Waals surface area contributed by atoms with Crippen molar-refractivity contribution in [1.82, 2.24) is 16.0 Å². The van der Waals surface area contributed by atoms with Gasteiger partial charge >= 0.3 is 0 Å². The Labute approximate surface area is 628 Å². The van der Waals surface area contributed by atoms with E-state index in [0.29, 0.717) is 37.9 Å². The Balaban J connectivity index is 0.000000251. The van der Waals surface area contributed by atoms with E-state index < -0.39 is 0 Å². The molecule has 105 heavy (non-hydrogen) atoms. The first-order chi connectivity index (χ1) is 50.9. The zero-order valence-corrected chi connectivity index (χ0v) is 62.2. The number of amides is 3. The summed E-state index contributed by atoms with van der Waals surface area (Å²) in [7, 11) is 3.92. The molecule has 1 unspecified atom stereocenters. The van der Waals surface area contributed by atoms with E-state index in [2.05, 4.69) is 284 Å². The molecule has 3 N–H and O–H groups in total. The van der Waals surface area contributed by atoms with Crippen molar-refractivity contribution < 1.29 is 19.1 Å². The maximum absolute atomic E-state index is 13.1. The molecule has 0 aromatic heterocycles. The van der Waals surface area contributed by atoms with Gasteiger partial charge in [0.25, 0.3) is 0 Å². The highest BCUT2D eigenvalue weighted by Crippen LogP contribution is 2.30. The van der Waals surface area contributed by atoms with E-state index in [4.69, 9.17) is 11.2 Å². The van der Waals surface area contributed by atoms with Crippen LogP contribution in [0.4, 0.5) is 11.4 Å².